The van der Waals surface area contributed by atoms with Gasteiger partial charge < -0.3 is 19.9 Å². The van der Waals surface area contributed by atoms with Crippen molar-refractivity contribution in [1.82, 2.24) is 24.8 Å². The number of hydrogen-bond donors (Lipinski definition) is 1. The van der Waals surface area contributed by atoms with Crippen molar-refractivity contribution in [2.75, 3.05) is 43.6 Å². The Kier molecular flexibility index (Phi) is 7.64. The van der Waals surface area contributed by atoms with Gasteiger partial charge in [-0.3, -0.25) is 4.79 Å². The van der Waals surface area contributed by atoms with Gasteiger partial charge in [-0.05, 0) is 18.1 Å². The molecule has 1 unspecified atom stereocenters. The zero-order chi connectivity index (χ0) is 23.9. The smallest absolute Gasteiger partial charge is 0.224 e. The molecule has 1 atom stereocenters. The molecule has 0 saturated carbocycles. The lowest BCUT2D eigenvalue weighted by atomic mass is 10.0. The molecule has 9 heteroatoms. The highest BCUT2D eigenvalue weighted by Gasteiger charge is 2.24. The zero-order valence-corrected chi connectivity index (χ0v) is 19.9. The quantitative estimate of drug-likeness (QED) is 0.545. The minimum Gasteiger partial charge on any atom is -0.378 e. The van der Waals surface area contributed by atoms with Crippen LogP contribution < -0.4 is 10.2 Å². The number of anilines is 3. The van der Waals surface area contributed by atoms with E-state index in [4.69, 9.17) is 14.7 Å². The zero-order valence-electron chi connectivity index (χ0n) is 19.9. The second kappa shape index (κ2) is 11.0. The summed E-state index contributed by atoms with van der Waals surface area (Å²) in [5.74, 6) is 2.90. The van der Waals surface area contributed by atoms with Gasteiger partial charge in [0.1, 0.15) is 11.6 Å². The number of aromatic nitrogens is 4. The number of amides is 1. The maximum Gasteiger partial charge on any atom is 0.224 e. The molecule has 0 spiro atoms. The van der Waals surface area contributed by atoms with Crippen LogP contribution in [-0.4, -0.2) is 70.1 Å². The van der Waals surface area contributed by atoms with Crippen LogP contribution in [0.4, 0.5) is 17.6 Å². The summed E-state index contributed by atoms with van der Waals surface area (Å²) >= 11 is 0. The highest BCUT2D eigenvalue weighted by Crippen LogP contribution is 2.23. The molecular weight excluding hydrogens is 430 g/mol. The summed E-state index contributed by atoms with van der Waals surface area (Å²) in [5.41, 5.74) is 0.951. The first-order valence-electron chi connectivity index (χ1n) is 11.6. The second-order valence-corrected chi connectivity index (χ2v) is 8.59. The lowest BCUT2D eigenvalue weighted by Gasteiger charge is -2.30. The molecular formula is C25H31N7O2. The SMILES string of the molecule is CC(C)C(CC(=O)N1CCOCC1)Nc1nccc(N(C)c2ccnc(-c3ccccc3)n2)n1. The van der Waals surface area contributed by atoms with Gasteiger partial charge >= 0.3 is 0 Å². The molecule has 0 radical (unpaired) electrons. The lowest BCUT2D eigenvalue weighted by Crippen LogP contribution is -2.43. The fraction of sp³-hybridized carbons (Fsp3) is 0.400. The van der Waals surface area contributed by atoms with E-state index >= 15 is 0 Å². The third kappa shape index (κ3) is 5.85. The molecule has 34 heavy (non-hydrogen) atoms. The number of carbonyl (C=O) groups excluding carboxylic acids is 1. The first-order chi connectivity index (χ1) is 16.5. The largest absolute Gasteiger partial charge is 0.378 e. The van der Waals surface area contributed by atoms with Gasteiger partial charge in [-0.25, -0.2) is 15.0 Å². The van der Waals surface area contributed by atoms with Crippen LogP contribution in [0.15, 0.2) is 54.9 Å². The average Bonchev–Trinajstić information content (AvgIpc) is 2.89. The van der Waals surface area contributed by atoms with Crippen LogP contribution in [0.25, 0.3) is 11.4 Å². The van der Waals surface area contributed by atoms with Crippen molar-refractivity contribution in [3.63, 3.8) is 0 Å². The molecule has 1 amide bonds. The number of carbonyl (C=O) groups is 1. The summed E-state index contributed by atoms with van der Waals surface area (Å²) in [4.78, 5) is 34.7. The number of hydrogen-bond acceptors (Lipinski definition) is 8. The Balaban J connectivity index is 1.48. The third-order valence-corrected chi connectivity index (χ3v) is 5.88. The monoisotopic (exact) mass is 461 g/mol. The molecule has 9 nitrogen and oxygen atoms in total. The van der Waals surface area contributed by atoms with Gasteiger partial charge in [-0.1, -0.05) is 44.2 Å². The first kappa shape index (κ1) is 23.6. The Morgan fingerprint density at radius 2 is 1.71 bits per heavy atom. The van der Waals surface area contributed by atoms with E-state index in [1.165, 1.54) is 0 Å². The van der Waals surface area contributed by atoms with E-state index in [-0.39, 0.29) is 17.9 Å². The van der Waals surface area contributed by atoms with Crippen molar-refractivity contribution in [3.05, 3.63) is 54.9 Å². The van der Waals surface area contributed by atoms with Crippen LogP contribution >= 0.6 is 0 Å². The Morgan fingerprint density at radius 1 is 1.03 bits per heavy atom. The molecule has 2 aromatic heterocycles. The Labute approximate surface area is 200 Å². The fourth-order valence-corrected chi connectivity index (χ4v) is 3.73. The molecule has 1 aliphatic rings. The standard InChI is InChI=1S/C25H31N7O2/c1-18(2)20(17-23(33)32-13-15-34-16-14-32)28-25-27-12-10-22(30-25)31(3)21-9-11-26-24(29-21)19-7-5-4-6-8-19/h4-12,18,20H,13-17H2,1-3H3,(H,27,28,30). The van der Waals surface area contributed by atoms with Crippen molar-refractivity contribution in [1.29, 1.82) is 0 Å². The molecule has 4 rings (SSSR count). The predicted octanol–water partition coefficient (Wildman–Crippen LogP) is 3.39. The number of nitrogens with zero attached hydrogens (tertiary/aromatic N) is 6. The summed E-state index contributed by atoms with van der Waals surface area (Å²) < 4.78 is 5.36. The molecule has 178 valence electrons. The lowest BCUT2D eigenvalue weighted by molar-refractivity contribution is -0.135. The summed E-state index contributed by atoms with van der Waals surface area (Å²) in [6.45, 7) is 6.66. The van der Waals surface area contributed by atoms with Crippen molar-refractivity contribution in [2.45, 2.75) is 26.3 Å². The third-order valence-electron chi connectivity index (χ3n) is 5.88. The Morgan fingerprint density at radius 3 is 2.41 bits per heavy atom. The van der Waals surface area contributed by atoms with E-state index in [2.05, 4.69) is 29.1 Å². The van der Waals surface area contributed by atoms with E-state index in [1.807, 2.05) is 59.3 Å². The average molecular weight is 462 g/mol. The molecule has 3 aromatic rings. The van der Waals surface area contributed by atoms with Crippen molar-refractivity contribution in [2.24, 2.45) is 5.92 Å². The van der Waals surface area contributed by atoms with Gasteiger partial charge in [0, 0.05) is 50.6 Å². The highest BCUT2D eigenvalue weighted by molar-refractivity contribution is 5.77. The summed E-state index contributed by atoms with van der Waals surface area (Å²) in [7, 11) is 1.91. The number of nitrogens with one attached hydrogen (secondary N) is 1. The minimum atomic E-state index is -0.0837. The van der Waals surface area contributed by atoms with Crippen LogP contribution in [0.3, 0.4) is 0 Å². The highest BCUT2D eigenvalue weighted by atomic mass is 16.5. The summed E-state index contributed by atoms with van der Waals surface area (Å²) in [6.07, 6.45) is 3.84. The summed E-state index contributed by atoms with van der Waals surface area (Å²) in [6, 6.07) is 13.5. The van der Waals surface area contributed by atoms with Gasteiger partial charge in [-0.15, -0.1) is 0 Å². The van der Waals surface area contributed by atoms with Gasteiger partial charge in [0.15, 0.2) is 5.82 Å². The fourth-order valence-electron chi connectivity index (χ4n) is 3.73. The number of benzene rings is 1. The van der Waals surface area contributed by atoms with Crippen molar-refractivity contribution in [3.8, 4) is 11.4 Å². The number of rotatable bonds is 8. The van der Waals surface area contributed by atoms with Gasteiger partial charge in [-0.2, -0.15) is 4.98 Å². The van der Waals surface area contributed by atoms with Gasteiger partial charge in [0.2, 0.25) is 11.9 Å². The molecule has 3 heterocycles. The van der Waals surface area contributed by atoms with E-state index in [1.54, 1.807) is 12.4 Å². The molecule has 1 fully saturated rings. The van der Waals surface area contributed by atoms with Crippen molar-refractivity contribution >= 4 is 23.5 Å². The number of morpholine rings is 1. The predicted molar refractivity (Wildman–Crippen MR) is 132 cm³/mol. The normalized spacial score (nSPS) is 14.6. The maximum atomic E-state index is 12.8. The minimum absolute atomic E-state index is 0.0837. The second-order valence-electron chi connectivity index (χ2n) is 8.59. The molecule has 1 aromatic carbocycles. The summed E-state index contributed by atoms with van der Waals surface area (Å²) in [5, 5.41) is 3.37. The van der Waals surface area contributed by atoms with Crippen LogP contribution in [0.2, 0.25) is 0 Å². The first-order valence-corrected chi connectivity index (χ1v) is 11.6. The Hall–Kier alpha value is -3.59. The van der Waals surface area contributed by atoms with Gasteiger partial charge in [0.25, 0.3) is 0 Å². The van der Waals surface area contributed by atoms with E-state index in [9.17, 15) is 4.79 Å². The molecule has 0 bridgehead atoms. The van der Waals surface area contributed by atoms with Crippen LogP contribution in [0.1, 0.15) is 20.3 Å². The molecule has 1 aliphatic heterocycles. The number of ether oxygens (including phenoxy) is 1. The maximum absolute atomic E-state index is 12.8. The van der Waals surface area contributed by atoms with E-state index in [0.29, 0.717) is 50.3 Å². The molecule has 0 aliphatic carbocycles. The topological polar surface area (TPSA) is 96.4 Å². The Bertz CT molecular complexity index is 1090. The van der Waals surface area contributed by atoms with Gasteiger partial charge in [0.05, 0.1) is 13.2 Å². The van der Waals surface area contributed by atoms with Crippen LogP contribution in [0, 0.1) is 5.92 Å². The molecule has 1 saturated heterocycles. The van der Waals surface area contributed by atoms with E-state index < -0.39 is 0 Å². The molecule has 1 N–H and O–H groups in total. The van der Waals surface area contributed by atoms with E-state index in [0.717, 1.165) is 11.4 Å². The van der Waals surface area contributed by atoms with Crippen LogP contribution in [-0.2, 0) is 9.53 Å². The van der Waals surface area contributed by atoms with Crippen molar-refractivity contribution < 1.29 is 9.53 Å². The van der Waals surface area contributed by atoms with Crippen LogP contribution in [0.5, 0.6) is 0 Å².